The molecule has 0 unspecified atom stereocenters. The van der Waals surface area contributed by atoms with Crippen LogP contribution in [0.2, 0.25) is 0 Å². The zero-order valence-corrected chi connectivity index (χ0v) is 21.5. The summed E-state index contributed by atoms with van der Waals surface area (Å²) in [5.41, 5.74) is 7.90. The maximum absolute atomic E-state index is 13.8. The maximum atomic E-state index is 13.8. The summed E-state index contributed by atoms with van der Waals surface area (Å²) in [6.07, 6.45) is 7.70. The normalized spacial score (nSPS) is 12.8. The first kappa shape index (κ1) is 26.3. The fourth-order valence-corrected chi connectivity index (χ4v) is 4.68. The third kappa shape index (κ3) is 5.20. The van der Waals surface area contributed by atoms with Gasteiger partial charge in [-0.25, -0.2) is 0 Å². The molecule has 0 bridgehead atoms. The van der Waals surface area contributed by atoms with E-state index in [9.17, 15) is 25.2 Å². The number of hydrogen-bond acceptors (Lipinski definition) is 5. The Morgan fingerprint density at radius 1 is 0.800 bits per heavy atom. The molecular weight excluding hydrogens is 440 g/mol. The van der Waals surface area contributed by atoms with Crippen LogP contribution in [0.1, 0.15) is 83.9 Å². The van der Waals surface area contributed by atoms with Crippen molar-refractivity contribution in [3.63, 3.8) is 0 Å². The number of aromatic hydroxyl groups is 3. The fourth-order valence-electron chi connectivity index (χ4n) is 4.68. The molecule has 0 saturated carbocycles. The van der Waals surface area contributed by atoms with Gasteiger partial charge in [0.2, 0.25) is 5.78 Å². The van der Waals surface area contributed by atoms with Crippen LogP contribution in [0.5, 0.6) is 17.2 Å². The molecule has 1 aliphatic carbocycles. The Morgan fingerprint density at radius 2 is 1.34 bits per heavy atom. The lowest BCUT2D eigenvalue weighted by Gasteiger charge is -2.28. The summed E-state index contributed by atoms with van der Waals surface area (Å²) in [6.45, 7) is 11.7. The molecule has 0 heterocycles. The number of aliphatic hydroxyl groups is 1. The van der Waals surface area contributed by atoms with Gasteiger partial charge in [0.1, 0.15) is 17.2 Å². The van der Waals surface area contributed by atoms with E-state index in [4.69, 9.17) is 0 Å². The van der Waals surface area contributed by atoms with Gasteiger partial charge in [-0.3, -0.25) is 4.79 Å². The van der Waals surface area contributed by atoms with Crippen molar-refractivity contribution in [2.24, 2.45) is 0 Å². The zero-order valence-electron chi connectivity index (χ0n) is 21.5. The van der Waals surface area contributed by atoms with Crippen LogP contribution in [-0.2, 0) is 25.7 Å². The number of carbonyl (C=O) groups excluding carboxylic acids is 1. The Labute approximate surface area is 207 Å². The average molecular weight is 477 g/mol. The second-order valence-corrected chi connectivity index (χ2v) is 9.92. The largest absolute Gasteiger partial charge is 0.508 e. The van der Waals surface area contributed by atoms with Crippen molar-refractivity contribution in [1.82, 2.24) is 0 Å². The molecule has 0 aromatic heterocycles. The molecule has 1 aliphatic rings. The summed E-state index contributed by atoms with van der Waals surface area (Å²) in [5.74, 6) is -0.850. The number of fused-ring (bicyclic) bond motifs is 2. The molecule has 0 amide bonds. The molecule has 0 radical (unpaired) electrons. The molecule has 4 N–H and O–H groups in total. The van der Waals surface area contributed by atoms with Gasteiger partial charge in [-0.1, -0.05) is 34.9 Å². The van der Waals surface area contributed by atoms with Gasteiger partial charge in [0.25, 0.3) is 0 Å². The van der Waals surface area contributed by atoms with Gasteiger partial charge >= 0.3 is 0 Å². The van der Waals surface area contributed by atoms with E-state index in [1.54, 1.807) is 6.92 Å². The first-order valence-electron chi connectivity index (χ1n) is 12.0. The van der Waals surface area contributed by atoms with Crippen LogP contribution in [0, 0.1) is 6.92 Å². The van der Waals surface area contributed by atoms with Crippen molar-refractivity contribution in [3.05, 3.63) is 85.5 Å². The standard InChI is InChI=1S/C30H36O5/c1-16(2)7-10-20-19(6)21(11-8-17(3)4)29(34)28-23(20)13-24-22(12-9-18(5)15-31)25(32)14-26(33)27(24)30(28)35/h7-9,14,31-34H,10-13,15H2,1-6H3. The highest BCUT2D eigenvalue weighted by molar-refractivity contribution is 6.16. The van der Waals surface area contributed by atoms with Crippen molar-refractivity contribution in [3.8, 4) is 17.2 Å². The molecule has 0 saturated heterocycles. The average Bonchev–Trinajstić information content (AvgIpc) is 2.77. The van der Waals surface area contributed by atoms with Crippen LogP contribution in [0.15, 0.2) is 41.0 Å². The van der Waals surface area contributed by atoms with Crippen molar-refractivity contribution in [1.29, 1.82) is 0 Å². The minimum Gasteiger partial charge on any atom is -0.508 e. The third-order valence-corrected chi connectivity index (χ3v) is 6.74. The lowest BCUT2D eigenvalue weighted by atomic mass is 9.76. The van der Waals surface area contributed by atoms with Gasteiger partial charge in [-0.2, -0.15) is 0 Å². The predicted octanol–water partition coefficient (Wildman–Crippen LogP) is 5.75. The number of phenols is 3. The summed E-state index contributed by atoms with van der Waals surface area (Å²) >= 11 is 0. The quantitative estimate of drug-likeness (QED) is 0.326. The van der Waals surface area contributed by atoms with Gasteiger partial charge in [-0.05, 0) is 89.5 Å². The molecule has 35 heavy (non-hydrogen) atoms. The first-order valence-corrected chi connectivity index (χ1v) is 12.0. The lowest BCUT2D eigenvalue weighted by molar-refractivity contribution is 0.102. The molecule has 0 atom stereocenters. The lowest BCUT2D eigenvalue weighted by Crippen LogP contribution is -2.21. The van der Waals surface area contributed by atoms with E-state index in [0.717, 1.165) is 39.0 Å². The smallest absolute Gasteiger partial charge is 0.201 e. The maximum Gasteiger partial charge on any atom is 0.201 e. The van der Waals surface area contributed by atoms with E-state index in [1.165, 1.54) is 6.07 Å². The Bertz CT molecular complexity index is 1270. The van der Waals surface area contributed by atoms with Crippen molar-refractivity contribution >= 4 is 5.78 Å². The number of phenolic OH excluding ortho intramolecular Hbond substituents is 3. The number of carbonyl (C=O) groups is 1. The van der Waals surface area contributed by atoms with Gasteiger partial charge in [0, 0.05) is 17.2 Å². The molecule has 0 aliphatic heterocycles. The summed E-state index contributed by atoms with van der Waals surface area (Å²) in [6, 6.07) is 1.19. The third-order valence-electron chi connectivity index (χ3n) is 6.74. The highest BCUT2D eigenvalue weighted by Gasteiger charge is 2.35. The monoisotopic (exact) mass is 476 g/mol. The topological polar surface area (TPSA) is 98.0 Å². The van der Waals surface area contributed by atoms with Crippen LogP contribution < -0.4 is 0 Å². The Hall–Kier alpha value is -3.31. The van der Waals surface area contributed by atoms with Crippen LogP contribution in [0.25, 0.3) is 0 Å². The minimum atomic E-state index is -0.433. The Balaban J connectivity index is 2.32. The summed E-state index contributed by atoms with van der Waals surface area (Å²) in [5, 5.41) is 42.0. The van der Waals surface area contributed by atoms with Gasteiger partial charge in [-0.15, -0.1) is 0 Å². The van der Waals surface area contributed by atoms with Crippen LogP contribution in [0.4, 0.5) is 0 Å². The first-order chi connectivity index (χ1) is 16.5. The summed E-state index contributed by atoms with van der Waals surface area (Å²) in [4.78, 5) is 13.8. The molecule has 5 nitrogen and oxygen atoms in total. The number of ketones is 1. The highest BCUT2D eigenvalue weighted by Crippen LogP contribution is 2.45. The van der Waals surface area contributed by atoms with E-state index in [2.05, 4.69) is 6.08 Å². The van der Waals surface area contributed by atoms with Crippen LogP contribution in [0.3, 0.4) is 0 Å². The molecule has 0 spiro atoms. The van der Waals surface area contributed by atoms with Crippen molar-refractivity contribution in [2.45, 2.75) is 67.2 Å². The van der Waals surface area contributed by atoms with Crippen molar-refractivity contribution < 1.29 is 25.2 Å². The van der Waals surface area contributed by atoms with Gasteiger partial charge < -0.3 is 20.4 Å². The number of allylic oxidation sites excluding steroid dienone is 5. The van der Waals surface area contributed by atoms with Crippen LogP contribution >= 0.6 is 0 Å². The van der Waals surface area contributed by atoms with E-state index < -0.39 is 5.78 Å². The van der Waals surface area contributed by atoms with Crippen LogP contribution in [-0.4, -0.2) is 32.8 Å². The van der Waals surface area contributed by atoms with Gasteiger partial charge in [0.15, 0.2) is 0 Å². The van der Waals surface area contributed by atoms with Crippen molar-refractivity contribution in [2.75, 3.05) is 6.61 Å². The van der Waals surface area contributed by atoms with E-state index >= 15 is 0 Å². The Morgan fingerprint density at radius 3 is 1.91 bits per heavy atom. The second-order valence-electron chi connectivity index (χ2n) is 9.92. The fraction of sp³-hybridized carbons (Fsp3) is 0.367. The summed E-state index contributed by atoms with van der Waals surface area (Å²) in [7, 11) is 0. The highest BCUT2D eigenvalue weighted by atomic mass is 16.3. The second kappa shape index (κ2) is 10.5. The number of hydrogen-bond donors (Lipinski definition) is 4. The van der Waals surface area contributed by atoms with E-state index in [1.807, 2.05) is 46.8 Å². The van der Waals surface area contributed by atoms with Gasteiger partial charge in [0.05, 0.1) is 17.7 Å². The molecule has 0 fully saturated rings. The Kier molecular flexibility index (Phi) is 7.91. The van der Waals surface area contributed by atoms with E-state index in [0.29, 0.717) is 36.8 Å². The molecule has 3 rings (SSSR count). The number of benzene rings is 2. The van der Waals surface area contributed by atoms with E-state index in [-0.39, 0.29) is 35.0 Å². The number of aliphatic hydroxyl groups excluding tert-OH is 1. The molecule has 2 aromatic rings. The molecule has 186 valence electrons. The predicted molar refractivity (Wildman–Crippen MR) is 140 cm³/mol. The molecule has 2 aromatic carbocycles. The molecular formula is C30H36O5. The zero-order chi connectivity index (χ0) is 26.0. The summed E-state index contributed by atoms with van der Waals surface area (Å²) < 4.78 is 0. The SMILES string of the molecule is CC(C)=CCc1c(C)c(CC=C(C)C)c2c(c1O)C(=O)c1c(O)cc(O)c(CC=C(C)CO)c1C2. The molecule has 5 heteroatoms. The number of rotatable bonds is 7. The minimum absolute atomic E-state index is 0.0309.